The van der Waals surface area contributed by atoms with Gasteiger partial charge in [0.25, 0.3) is 0 Å². The van der Waals surface area contributed by atoms with Crippen LogP contribution in [0.3, 0.4) is 0 Å². The summed E-state index contributed by atoms with van der Waals surface area (Å²) in [7, 11) is -4.37. The molecule has 0 spiro atoms. The van der Waals surface area contributed by atoms with E-state index in [4.69, 9.17) is 9.66 Å². The summed E-state index contributed by atoms with van der Waals surface area (Å²) in [6.07, 6.45) is 1.35. The lowest BCUT2D eigenvalue weighted by Crippen LogP contribution is -2.12. The van der Waals surface area contributed by atoms with Crippen molar-refractivity contribution in [2.75, 3.05) is 6.61 Å². The van der Waals surface area contributed by atoms with E-state index in [1.54, 1.807) is 0 Å². The SMILES string of the molecule is C=CCC(O)CCOS(=O)(=O)O. The van der Waals surface area contributed by atoms with Crippen LogP contribution >= 0.6 is 0 Å². The number of hydrogen-bond donors (Lipinski definition) is 2. The maximum Gasteiger partial charge on any atom is 0.397 e. The van der Waals surface area contributed by atoms with E-state index < -0.39 is 16.5 Å². The lowest BCUT2D eigenvalue weighted by Gasteiger charge is -2.05. The zero-order chi connectivity index (χ0) is 9.61. The zero-order valence-electron chi connectivity index (χ0n) is 6.51. The van der Waals surface area contributed by atoms with Crippen LogP contribution in [0.4, 0.5) is 0 Å². The molecule has 0 saturated heterocycles. The molecule has 0 aromatic rings. The monoisotopic (exact) mass is 196 g/mol. The predicted octanol–water partition coefficient (Wildman–Crippen LogP) is 0.133. The summed E-state index contributed by atoms with van der Waals surface area (Å²) in [5.74, 6) is 0. The Morgan fingerprint density at radius 2 is 2.17 bits per heavy atom. The van der Waals surface area contributed by atoms with E-state index >= 15 is 0 Å². The second-order valence-corrected chi connectivity index (χ2v) is 3.31. The Balaban J connectivity index is 3.50. The Kier molecular flexibility index (Phi) is 5.07. The molecule has 0 fully saturated rings. The first-order valence-electron chi connectivity index (χ1n) is 3.36. The first kappa shape index (κ1) is 11.6. The van der Waals surface area contributed by atoms with Crippen LogP contribution in [0.1, 0.15) is 12.8 Å². The summed E-state index contributed by atoms with van der Waals surface area (Å²) in [4.78, 5) is 0. The minimum atomic E-state index is -4.37. The van der Waals surface area contributed by atoms with Crippen LogP contribution in [0.5, 0.6) is 0 Å². The maximum absolute atomic E-state index is 10.0. The highest BCUT2D eigenvalue weighted by molar-refractivity contribution is 7.80. The molecule has 0 amide bonds. The molecule has 6 heteroatoms. The second kappa shape index (κ2) is 5.26. The van der Waals surface area contributed by atoms with Crippen molar-refractivity contribution in [3.8, 4) is 0 Å². The minimum absolute atomic E-state index is 0.145. The third kappa shape index (κ3) is 7.67. The first-order chi connectivity index (χ1) is 5.45. The van der Waals surface area contributed by atoms with Crippen molar-refractivity contribution in [2.45, 2.75) is 18.9 Å². The van der Waals surface area contributed by atoms with Gasteiger partial charge in [0.2, 0.25) is 0 Å². The molecule has 1 atom stereocenters. The fourth-order valence-corrected chi connectivity index (χ4v) is 0.907. The number of aliphatic hydroxyl groups is 1. The summed E-state index contributed by atoms with van der Waals surface area (Å²) in [5.41, 5.74) is 0. The highest BCUT2D eigenvalue weighted by atomic mass is 32.3. The second-order valence-electron chi connectivity index (χ2n) is 2.22. The summed E-state index contributed by atoms with van der Waals surface area (Å²) in [6.45, 7) is 3.16. The molecular formula is C6H12O5S. The molecule has 5 nitrogen and oxygen atoms in total. The van der Waals surface area contributed by atoms with Gasteiger partial charge in [0.15, 0.2) is 0 Å². The third-order valence-electron chi connectivity index (χ3n) is 1.12. The van der Waals surface area contributed by atoms with Crippen LogP contribution in [0, 0.1) is 0 Å². The summed E-state index contributed by atoms with van der Waals surface area (Å²) in [5, 5.41) is 9.02. The van der Waals surface area contributed by atoms with Crippen molar-refractivity contribution in [1.29, 1.82) is 0 Å². The maximum atomic E-state index is 10.0. The van der Waals surface area contributed by atoms with Crippen molar-refractivity contribution in [3.05, 3.63) is 12.7 Å². The fourth-order valence-electron chi connectivity index (χ4n) is 0.600. The normalized spacial score (nSPS) is 14.2. The van der Waals surface area contributed by atoms with Crippen LogP contribution in [0.25, 0.3) is 0 Å². The van der Waals surface area contributed by atoms with Gasteiger partial charge in [-0.2, -0.15) is 8.42 Å². The molecule has 12 heavy (non-hydrogen) atoms. The van der Waals surface area contributed by atoms with Gasteiger partial charge in [0, 0.05) is 0 Å². The molecule has 0 bridgehead atoms. The zero-order valence-corrected chi connectivity index (χ0v) is 7.33. The lowest BCUT2D eigenvalue weighted by atomic mass is 10.2. The van der Waals surface area contributed by atoms with Gasteiger partial charge in [-0.15, -0.1) is 6.58 Å². The van der Waals surface area contributed by atoms with E-state index in [0.717, 1.165) is 0 Å². The summed E-state index contributed by atoms with van der Waals surface area (Å²) >= 11 is 0. The van der Waals surface area contributed by atoms with E-state index in [1.165, 1.54) is 6.08 Å². The molecule has 0 radical (unpaired) electrons. The fraction of sp³-hybridized carbons (Fsp3) is 0.667. The molecule has 72 valence electrons. The van der Waals surface area contributed by atoms with Crippen molar-refractivity contribution >= 4 is 10.4 Å². The Hall–Kier alpha value is -0.430. The van der Waals surface area contributed by atoms with Crippen molar-refractivity contribution in [3.63, 3.8) is 0 Å². The highest BCUT2D eigenvalue weighted by Crippen LogP contribution is 1.99. The average molecular weight is 196 g/mol. The van der Waals surface area contributed by atoms with Gasteiger partial charge in [-0.05, 0) is 12.8 Å². The van der Waals surface area contributed by atoms with Crippen LogP contribution in [0.2, 0.25) is 0 Å². The average Bonchev–Trinajstić information content (AvgIpc) is 1.84. The lowest BCUT2D eigenvalue weighted by molar-refractivity contribution is 0.139. The van der Waals surface area contributed by atoms with Gasteiger partial charge >= 0.3 is 10.4 Å². The first-order valence-corrected chi connectivity index (χ1v) is 4.73. The van der Waals surface area contributed by atoms with Crippen molar-refractivity contribution in [1.82, 2.24) is 0 Å². The van der Waals surface area contributed by atoms with E-state index in [0.29, 0.717) is 6.42 Å². The van der Waals surface area contributed by atoms with Gasteiger partial charge < -0.3 is 5.11 Å². The number of rotatable bonds is 6. The topological polar surface area (TPSA) is 83.8 Å². The molecular weight excluding hydrogens is 184 g/mol. The highest BCUT2D eigenvalue weighted by Gasteiger charge is 2.06. The largest absolute Gasteiger partial charge is 0.397 e. The summed E-state index contributed by atoms with van der Waals surface area (Å²) < 4.78 is 32.1. The third-order valence-corrected chi connectivity index (χ3v) is 1.59. The van der Waals surface area contributed by atoms with Gasteiger partial charge in [-0.25, -0.2) is 4.18 Å². The minimum Gasteiger partial charge on any atom is -0.393 e. The Morgan fingerprint density at radius 1 is 1.58 bits per heavy atom. The molecule has 0 aromatic carbocycles. The van der Waals surface area contributed by atoms with Crippen molar-refractivity contribution in [2.24, 2.45) is 0 Å². The van der Waals surface area contributed by atoms with Crippen LogP contribution in [-0.4, -0.2) is 30.8 Å². The standard InChI is InChI=1S/C6H12O5S/c1-2-3-6(7)4-5-11-12(8,9)10/h2,6-7H,1,3-5H2,(H,8,9,10). The number of hydrogen-bond acceptors (Lipinski definition) is 4. The van der Waals surface area contributed by atoms with Crippen LogP contribution in [0.15, 0.2) is 12.7 Å². The van der Waals surface area contributed by atoms with Crippen LogP contribution in [-0.2, 0) is 14.6 Å². The number of aliphatic hydroxyl groups excluding tert-OH is 1. The Bertz CT molecular complexity index is 220. The summed E-state index contributed by atoms with van der Waals surface area (Å²) in [6, 6.07) is 0. The molecule has 0 aromatic heterocycles. The smallest absolute Gasteiger partial charge is 0.393 e. The van der Waals surface area contributed by atoms with Gasteiger partial charge in [0.1, 0.15) is 0 Å². The van der Waals surface area contributed by atoms with E-state index in [9.17, 15) is 8.42 Å². The molecule has 1 unspecified atom stereocenters. The van der Waals surface area contributed by atoms with Gasteiger partial charge in [0.05, 0.1) is 12.7 Å². The molecule has 0 heterocycles. The Morgan fingerprint density at radius 3 is 2.58 bits per heavy atom. The van der Waals surface area contributed by atoms with Gasteiger partial charge in [-0.3, -0.25) is 4.55 Å². The van der Waals surface area contributed by atoms with E-state index in [-0.39, 0.29) is 13.0 Å². The molecule has 0 aliphatic carbocycles. The molecule has 0 aliphatic heterocycles. The van der Waals surface area contributed by atoms with Crippen molar-refractivity contribution < 1.29 is 22.3 Å². The Labute approximate surface area is 71.6 Å². The predicted molar refractivity (Wildman–Crippen MR) is 42.9 cm³/mol. The van der Waals surface area contributed by atoms with E-state index in [1.807, 2.05) is 0 Å². The molecule has 0 saturated carbocycles. The molecule has 0 aliphatic rings. The quantitative estimate of drug-likeness (QED) is 0.466. The molecule has 0 rings (SSSR count). The molecule has 2 N–H and O–H groups in total. The van der Waals surface area contributed by atoms with E-state index in [2.05, 4.69) is 10.8 Å². The van der Waals surface area contributed by atoms with Crippen LogP contribution < -0.4 is 0 Å². The van der Waals surface area contributed by atoms with Gasteiger partial charge in [-0.1, -0.05) is 6.08 Å².